The molecule has 1 aliphatic heterocycles. The topological polar surface area (TPSA) is 12.0 Å². The van der Waals surface area contributed by atoms with Crippen molar-refractivity contribution in [1.82, 2.24) is 5.32 Å². The van der Waals surface area contributed by atoms with E-state index in [4.69, 9.17) is 0 Å². The largest absolute Gasteiger partial charge is 0.316 e. The van der Waals surface area contributed by atoms with E-state index in [0.29, 0.717) is 5.92 Å². The van der Waals surface area contributed by atoms with Gasteiger partial charge in [-0.05, 0) is 62.0 Å². The Kier molecular flexibility index (Phi) is 3.76. The fraction of sp³-hybridized carbons (Fsp3) is 0.500. The molecule has 0 amide bonds. The van der Waals surface area contributed by atoms with Gasteiger partial charge < -0.3 is 5.32 Å². The summed E-state index contributed by atoms with van der Waals surface area (Å²) in [5.41, 5.74) is 1.09. The maximum atomic E-state index is 13.1. The molecule has 1 aromatic carbocycles. The van der Waals surface area contributed by atoms with Gasteiger partial charge in [-0.3, -0.25) is 0 Å². The molecule has 1 fully saturated rings. The molecule has 1 atom stereocenters. The van der Waals surface area contributed by atoms with Crippen LogP contribution >= 0.6 is 15.9 Å². The van der Waals surface area contributed by atoms with Crippen LogP contribution in [-0.2, 0) is 6.42 Å². The lowest BCUT2D eigenvalue weighted by atomic mass is 9.92. The number of piperidine rings is 1. The molecule has 3 heteroatoms. The minimum absolute atomic E-state index is 0.150. The molecule has 1 nitrogen and oxygen atoms in total. The van der Waals surface area contributed by atoms with Gasteiger partial charge in [-0.25, -0.2) is 4.39 Å². The molecule has 1 aromatic rings. The number of rotatable bonds is 2. The van der Waals surface area contributed by atoms with Crippen LogP contribution in [0.15, 0.2) is 22.7 Å². The first-order chi connectivity index (χ1) is 7.24. The fourth-order valence-electron chi connectivity index (χ4n) is 2.16. The van der Waals surface area contributed by atoms with Gasteiger partial charge in [-0.2, -0.15) is 0 Å². The van der Waals surface area contributed by atoms with Gasteiger partial charge in [0.25, 0.3) is 0 Å². The summed E-state index contributed by atoms with van der Waals surface area (Å²) in [7, 11) is 0. The van der Waals surface area contributed by atoms with Crippen molar-refractivity contribution in [2.24, 2.45) is 5.92 Å². The molecule has 0 saturated carbocycles. The Labute approximate surface area is 98.2 Å². The van der Waals surface area contributed by atoms with Crippen molar-refractivity contribution in [3.63, 3.8) is 0 Å². The van der Waals surface area contributed by atoms with Gasteiger partial charge in [0.1, 0.15) is 5.82 Å². The molecule has 82 valence electrons. The van der Waals surface area contributed by atoms with Crippen LogP contribution in [0.3, 0.4) is 0 Å². The SMILES string of the molecule is Fc1cc(Br)cc(CC2CCCNC2)c1. The van der Waals surface area contributed by atoms with Crippen LogP contribution in [0.4, 0.5) is 4.39 Å². The smallest absolute Gasteiger partial charge is 0.124 e. The highest BCUT2D eigenvalue weighted by Gasteiger charge is 2.13. The summed E-state index contributed by atoms with van der Waals surface area (Å²) in [5, 5.41) is 3.38. The van der Waals surface area contributed by atoms with Gasteiger partial charge in [0, 0.05) is 4.47 Å². The molecule has 15 heavy (non-hydrogen) atoms. The zero-order valence-electron chi connectivity index (χ0n) is 8.60. The van der Waals surface area contributed by atoms with Crippen molar-refractivity contribution in [1.29, 1.82) is 0 Å². The number of hydrogen-bond acceptors (Lipinski definition) is 1. The number of halogens is 2. The number of nitrogens with one attached hydrogen (secondary N) is 1. The molecule has 0 spiro atoms. The van der Waals surface area contributed by atoms with Crippen molar-refractivity contribution in [3.8, 4) is 0 Å². The van der Waals surface area contributed by atoms with E-state index in [1.54, 1.807) is 6.07 Å². The maximum Gasteiger partial charge on any atom is 0.124 e. The van der Waals surface area contributed by atoms with Gasteiger partial charge >= 0.3 is 0 Å². The third kappa shape index (κ3) is 3.28. The second kappa shape index (κ2) is 5.08. The minimum Gasteiger partial charge on any atom is -0.316 e. The second-order valence-electron chi connectivity index (χ2n) is 4.19. The molecule has 1 saturated heterocycles. The van der Waals surface area contributed by atoms with Gasteiger partial charge in [0.15, 0.2) is 0 Å². The third-order valence-electron chi connectivity index (χ3n) is 2.85. The molecule has 0 aliphatic carbocycles. The first-order valence-corrected chi connectivity index (χ1v) is 6.19. The Morgan fingerprint density at radius 1 is 1.40 bits per heavy atom. The van der Waals surface area contributed by atoms with Crippen molar-refractivity contribution >= 4 is 15.9 Å². The van der Waals surface area contributed by atoms with Crippen LogP contribution in [0.2, 0.25) is 0 Å². The molecular formula is C12H15BrFN. The fourth-order valence-corrected chi connectivity index (χ4v) is 2.67. The molecule has 1 N–H and O–H groups in total. The highest BCUT2D eigenvalue weighted by molar-refractivity contribution is 9.10. The van der Waals surface area contributed by atoms with Gasteiger partial charge in [-0.15, -0.1) is 0 Å². The van der Waals surface area contributed by atoms with Gasteiger partial charge in [0.2, 0.25) is 0 Å². The van der Waals surface area contributed by atoms with Gasteiger partial charge in [0.05, 0.1) is 0 Å². The summed E-state index contributed by atoms with van der Waals surface area (Å²) in [4.78, 5) is 0. The van der Waals surface area contributed by atoms with E-state index in [9.17, 15) is 4.39 Å². The summed E-state index contributed by atoms with van der Waals surface area (Å²) in [6.07, 6.45) is 3.46. The standard InChI is InChI=1S/C12H15BrFN/c13-11-5-10(6-12(14)7-11)4-9-2-1-3-15-8-9/h5-7,9,15H,1-4,8H2. The molecule has 0 bridgehead atoms. The average molecular weight is 272 g/mol. The Morgan fingerprint density at radius 2 is 2.27 bits per heavy atom. The van der Waals surface area contributed by atoms with Crippen LogP contribution in [-0.4, -0.2) is 13.1 Å². The Bertz CT molecular complexity index is 314. The first-order valence-electron chi connectivity index (χ1n) is 5.40. The van der Waals surface area contributed by atoms with E-state index in [-0.39, 0.29) is 5.82 Å². The van der Waals surface area contributed by atoms with Crippen LogP contribution < -0.4 is 5.32 Å². The van der Waals surface area contributed by atoms with Crippen LogP contribution in [0.1, 0.15) is 18.4 Å². The quantitative estimate of drug-likeness (QED) is 0.872. The minimum atomic E-state index is -0.150. The normalized spacial score (nSPS) is 21.6. The van der Waals surface area contributed by atoms with Crippen LogP contribution in [0.5, 0.6) is 0 Å². The lowest BCUT2D eigenvalue weighted by Gasteiger charge is -2.22. The monoisotopic (exact) mass is 271 g/mol. The molecule has 0 aromatic heterocycles. The van der Waals surface area contributed by atoms with E-state index < -0.39 is 0 Å². The van der Waals surface area contributed by atoms with Gasteiger partial charge in [-0.1, -0.05) is 15.9 Å². The molecule has 1 heterocycles. The molecule has 1 unspecified atom stereocenters. The lowest BCUT2D eigenvalue weighted by molar-refractivity contribution is 0.375. The highest BCUT2D eigenvalue weighted by atomic mass is 79.9. The van der Waals surface area contributed by atoms with Crippen molar-refractivity contribution in [2.75, 3.05) is 13.1 Å². The van der Waals surface area contributed by atoms with Crippen LogP contribution in [0.25, 0.3) is 0 Å². The van der Waals surface area contributed by atoms with Crippen molar-refractivity contribution in [3.05, 3.63) is 34.1 Å². The first kappa shape index (κ1) is 11.1. The highest BCUT2D eigenvalue weighted by Crippen LogP contribution is 2.20. The predicted molar refractivity (Wildman–Crippen MR) is 63.4 cm³/mol. The predicted octanol–water partition coefficient (Wildman–Crippen LogP) is 3.13. The summed E-state index contributed by atoms with van der Waals surface area (Å²) in [6, 6.07) is 5.15. The van der Waals surface area contributed by atoms with E-state index in [1.807, 2.05) is 6.07 Å². The molecule has 0 radical (unpaired) electrons. The number of benzene rings is 1. The summed E-state index contributed by atoms with van der Waals surface area (Å²) < 4.78 is 14.0. The van der Waals surface area contributed by atoms with E-state index in [1.165, 1.54) is 18.9 Å². The second-order valence-corrected chi connectivity index (χ2v) is 5.11. The van der Waals surface area contributed by atoms with E-state index >= 15 is 0 Å². The number of hydrogen-bond donors (Lipinski definition) is 1. The van der Waals surface area contributed by atoms with Crippen molar-refractivity contribution in [2.45, 2.75) is 19.3 Å². The zero-order chi connectivity index (χ0) is 10.7. The molecule has 2 rings (SSSR count). The Hall–Kier alpha value is -0.410. The summed E-state index contributed by atoms with van der Waals surface area (Å²) in [6.45, 7) is 2.19. The molecular weight excluding hydrogens is 257 g/mol. The summed E-state index contributed by atoms with van der Waals surface area (Å²) in [5.74, 6) is 0.510. The third-order valence-corrected chi connectivity index (χ3v) is 3.30. The van der Waals surface area contributed by atoms with E-state index in [2.05, 4.69) is 21.2 Å². The Morgan fingerprint density at radius 3 is 2.93 bits per heavy atom. The average Bonchev–Trinajstić information content (AvgIpc) is 2.17. The zero-order valence-corrected chi connectivity index (χ0v) is 10.2. The maximum absolute atomic E-state index is 13.1. The van der Waals surface area contributed by atoms with Crippen LogP contribution in [0, 0.1) is 11.7 Å². The lowest BCUT2D eigenvalue weighted by Crippen LogP contribution is -2.30. The van der Waals surface area contributed by atoms with Crippen molar-refractivity contribution < 1.29 is 4.39 Å². The molecule has 1 aliphatic rings. The van der Waals surface area contributed by atoms with E-state index in [0.717, 1.165) is 29.5 Å². The Balaban J connectivity index is 2.02. The summed E-state index contributed by atoms with van der Waals surface area (Å²) >= 11 is 3.32.